The summed E-state index contributed by atoms with van der Waals surface area (Å²) >= 11 is 0. The molecule has 0 bridgehead atoms. The molecule has 1 aromatic rings. The molecule has 1 aromatic carbocycles. The number of fused-ring (bicyclic) bond motifs is 1. The molecule has 0 N–H and O–H groups in total. The van der Waals surface area contributed by atoms with Gasteiger partial charge < -0.3 is 4.79 Å². The fraction of sp³-hybridized carbons (Fsp3) is 0.526. The summed E-state index contributed by atoms with van der Waals surface area (Å²) in [6.45, 7) is 2.35. The Balaban J connectivity index is 1.89. The van der Waals surface area contributed by atoms with Crippen molar-refractivity contribution < 1.29 is 4.79 Å². The van der Waals surface area contributed by atoms with E-state index in [1.165, 1.54) is 43.1 Å². The lowest BCUT2D eigenvalue weighted by Crippen LogP contribution is -2.46. The van der Waals surface area contributed by atoms with Gasteiger partial charge in [0.25, 0.3) is 0 Å². The van der Waals surface area contributed by atoms with Gasteiger partial charge in [0.05, 0.1) is 0 Å². The lowest BCUT2D eigenvalue weighted by molar-refractivity contribution is -0.129. The first-order valence-electron chi connectivity index (χ1n) is 7.88. The van der Waals surface area contributed by atoms with E-state index >= 15 is 0 Å². The van der Waals surface area contributed by atoms with E-state index in [1.807, 2.05) is 6.07 Å². The predicted molar refractivity (Wildman–Crippen MR) is 83.3 cm³/mol. The van der Waals surface area contributed by atoms with Crippen molar-refractivity contribution in [1.29, 1.82) is 0 Å². The van der Waals surface area contributed by atoms with E-state index in [1.54, 1.807) is 0 Å². The quantitative estimate of drug-likeness (QED) is 0.688. The first-order valence-corrected chi connectivity index (χ1v) is 7.88. The van der Waals surface area contributed by atoms with E-state index < -0.39 is 0 Å². The zero-order valence-electron chi connectivity index (χ0n) is 12.4. The molecule has 3 rings (SSSR count). The van der Waals surface area contributed by atoms with Gasteiger partial charge in [-0.25, -0.2) is 0 Å². The molecule has 0 radical (unpaired) electrons. The van der Waals surface area contributed by atoms with Gasteiger partial charge in [0.1, 0.15) is 6.29 Å². The molecule has 2 saturated carbocycles. The van der Waals surface area contributed by atoms with Gasteiger partial charge in [0.15, 0.2) is 0 Å². The van der Waals surface area contributed by atoms with Crippen LogP contribution in [0.3, 0.4) is 0 Å². The fourth-order valence-corrected chi connectivity index (χ4v) is 4.26. The Morgan fingerprint density at radius 3 is 2.55 bits per heavy atom. The van der Waals surface area contributed by atoms with Gasteiger partial charge in [-0.05, 0) is 43.1 Å². The average molecular weight is 268 g/mol. The SMILES string of the molecule is C[C@]12CCCC[C@]1(C=O)C/C(=C\c1ccccc1)CC2. The molecule has 0 aromatic heterocycles. The molecule has 0 heterocycles. The van der Waals surface area contributed by atoms with Crippen molar-refractivity contribution in [2.24, 2.45) is 10.8 Å². The van der Waals surface area contributed by atoms with Crippen molar-refractivity contribution in [3.8, 4) is 0 Å². The maximum atomic E-state index is 11.9. The summed E-state index contributed by atoms with van der Waals surface area (Å²) in [6, 6.07) is 10.5. The lowest BCUT2D eigenvalue weighted by Gasteiger charge is -2.53. The lowest BCUT2D eigenvalue weighted by atomic mass is 9.50. The number of hydrogen-bond acceptors (Lipinski definition) is 1. The topological polar surface area (TPSA) is 17.1 Å². The maximum absolute atomic E-state index is 11.9. The summed E-state index contributed by atoms with van der Waals surface area (Å²) in [7, 11) is 0. The van der Waals surface area contributed by atoms with Gasteiger partial charge in [-0.15, -0.1) is 0 Å². The van der Waals surface area contributed by atoms with Crippen molar-refractivity contribution in [2.45, 2.75) is 51.9 Å². The standard InChI is InChI=1S/C19H24O/c1-18-10-5-6-11-19(18,15-20)14-17(9-12-18)13-16-7-3-2-4-8-16/h2-4,7-8,13,15H,5-6,9-12,14H2,1H3/b17-13-/t18-,19-/m1/s1. The minimum atomic E-state index is -0.0931. The second-order valence-electron chi connectivity index (χ2n) is 6.93. The molecule has 20 heavy (non-hydrogen) atoms. The normalized spacial score (nSPS) is 35.5. The third-order valence-electron chi connectivity index (χ3n) is 5.74. The van der Waals surface area contributed by atoms with Gasteiger partial charge in [-0.1, -0.05) is 61.7 Å². The first kappa shape index (κ1) is 13.6. The van der Waals surface area contributed by atoms with Crippen LogP contribution in [0.25, 0.3) is 6.08 Å². The Bertz CT molecular complexity index is 516. The molecular weight excluding hydrogens is 244 g/mol. The first-order chi connectivity index (χ1) is 9.67. The number of allylic oxidation sites excluding steroid dienone is 1. The number of carbonyl (C=O) groups is 1. The van der Waals surface area contributed by atoms with Crippen LogP contribution in [0.1, 0.15) is 57.4 Å². The van der Waals surface area contributed by atoms with Crippen LogP contribution in [-0.2, 0) is 4.79 Å². The summed E-state index contributed by atoms with van der Waals surface area (Å²) in [6.07, 6.45) is 11.7. The highest BCUT2D eigenvalue weighted by molar-refractivity contribution is 5.65. The summed E-state index contributed by atoms with van der Waals surface area (Å²) < 4.78 is 0. The number of aldehydes is 1. The van der Waals surface area contributed by atoms with E-state index in [0.29, 0.717) is 0 Å². The summed E-state index contributed by atoms with van der Waals surface area (Å²) in [5.41, 5.74) is 2.87. The number of rotatable bonds is 2. The van der Waals surface area contributed by atoms with Crippen molar-refractivity contribution >= 4 is 12.4 Å². The van der Waals surface area contributed by atoms with E-state index in [9.17, 15) is 4.79 Å². The highest BCUT2D eigenvalue weighted by Gasteiger charge is 2.51. The molecule has 2 atom stereocenters. The number of hydrogen-bond donors (Lipinski definition) is 0. The van der Waals surface area contributed by atoms with Crippen LogP contribution in [-0.4, -0.2) is 6.29 Å². The monoisotopic (exact) mass is 268 g/mol. The molecule has 1 heteroatoms. The Labute approximate surface area is 122 Å². The molecular formula is C19H24O. The molecule has 0 aliphatic heterocycles. The van der Waals surface area contributed by atoms with Crippen LogP contribution < -0.4 is 0 Å². The molecule has 2 aliphatic carbocycles. The van der Waals surface area contributed by atoms with Gasteiger partial charge in [-0.3, -0.25) is 0 Å². The highest BCUT2D eigenvalue weighted by Crippen LogP contribution is 2.58. The average Bonchev–Trinajstić information content (AvgIpc) is 2.48. The molecule has 0 saturated heterocycles. The minimum absolute atomic E-state index is 0.0931. The Kier molecular flexibility index (Phi) is 3.54. The Hall–Kier alpha value is -1.37. The summed E-state index contributed by atoms with van der Waals surface area (Å²) in [5.74, 6) is 0. The zero-order chi connectivity index (χ0) is 14.1. The van der Waals surface area contributed by atoms with Crippen molar-refractivity contribution in [3.63, 3.8) is 0 Å². The van der Waals surface area contributed by atoms with Crippen LogP contribution in [0.2, 0.25) is 0 Å². The minimum Gasteiger partial charge on any atom is -0.303 e. The number of carbonyl (C=O) groups excluding carboxylic acids is 1. The fourth-order valence-electron chi connectivity index (χ4n) is 4.26. The van der Waals surface area contributed by atoms with Crippen LogP contribution in [0, 0.1) is 10.8 Å². The van der Waals surface area contributed by atoms with E-state index in [-0.39, 0.29) is 10.8 Å². The molecule has 0 spiro atoms. The molecule has 0 unspecified atom stereocenters. The van der Waals surface area contributed by atoms with Crippen LogP contribution in [0.4, 0.5) is 0 Å². The molecule has 106 valence electrons. The molecule has 2 fully saturated rings. The van der Waals surface area contributed by atoms with Crippen molar-refractivity contribution in [3.05, 3.63) is 41.5 Å². The predicted octanol–water partition coefficient (Wildman–Crippen LogP) is 5.02. The van der Waals surface area contributed by atoms with Crippen molar-refractivity contribution in [2.75, 3.05) is 0 Å². The Morgan fingerprint density at radius 1 is 1.05 bits per heavy atom. The Morgan fingerprint density at radius 2 is 1.80 bits per heavy atom. The van der Waals surface area contributed by atoms with Gasteiger partial charge in [-0.2, -0.15) is 0 Å². The molecule has 1 nitrogen and oxygen atoms in total. The van der Waals surface area contributed by atoms with Crippen LogP contribution >= 0.6 is 0 Å². The zero-order valence-corrected chi connectivity index (χ0v) is 12.4. The highest BCUT2D eigenvalue weighted by atomic mass is 16.1. The maximum Gasteiger partial charge on any atom is 0.127 e. The second kappa shape index (κ2) is 5.20. The molecule has 0 amide bonds. The van der Waals surface area contributed by atoms with Crippen LogP contribution in [0.15, 0.2) is 35.9 Å². The largest absolute Gasteiger partial charge is 0.303 e. The van der Waals surface area contributed by atoms with E-state index in [0.717, 1.165) is 19.3 Å². The summed E-state index contributed by atoms with van der Waals surface area (Å²) in [4.78, 5) is 11.9. The van der Waals surface area contributed by atoms with E-state index in [2.05, 4.69) is 37.3 Å². The number of benzene rings is 1. The molecule has 2 aliphatic rings. The summed E-state index contributed by atoms with van der Waals surface area (Å²) in [5, 5.41) is 0. The second-order valence-corrected chi connectivity index (χ2v) is 6.93. The van der Waals surface area contributed by atoms with E-state index in [4.69, 9.17) is 0 Å². The van der Waals surface area contributed by atoms with Crippen molar-refractivity contribution in [1.82, 2.24) is 0 Å². The third-order valence-corrected chi connectivity index (χ3v) is 5.74. The van der Waals surface area contributed by atoms with Gasteiger partial charge >= 0.3 is 0 Å². The van der Waals surface area contributed by atoms with Crippen LogP contribution in [0.5, 0.6) is 0 Å². The third kappa shape index (κ3) is 2.24. The smallest absolute Gasteiger partial charge is 0.127 e. The van der Waals surface area contributed by atoms with Gasteiger partial charge in [0.2, 0.25) is 0 Å². The van der Waals surface area contributed by atoms with Gasteiger partial charge in [0, 0.05) is 5.41 Å².